The van der Waals surface area contributed by atoms with Crippen LogP contribution in [-0.4, -0.2) is 23.3 Å². The first-order chi connectivity index (χ1) is 8.19. The lowest BCUT2D eigenvalue weighted by atomic mass is 9.99. The number of hydrogen-bond acceptors (Lipinski definition) is 1. The van der Waals surface area contributed by atoms with Crippen molar-refractivity contribution in [2.24, 2.45) is 5.92 Å². The molecular formula is C13H16BrF2N. The van der Waals surface area contributed by atoms with E-state index >= 15 is 0 Å². The maximum atomic E-state index is 13.5. The molecule has 0 bridgehead atoms. The van der Waals surface area contributed by atoms with Crippen molar-refractivity contribution in [3.8, 4) is 0 Å². The first-order valence-electron chi connectivity index (χ1n) is 5.91. The fourth-order valence-electron chi connectivity index (χ4n) is 2.19. The van der Waals surface area contributed by atoms with Gasteiger partial charge in [-0.1, -0.05) is 22.0 Å². The number of alkyl halides is 1. The molecule has 0 radical (unpaired) electrons. The second kappa shape index (κ2) is 5.91. The Balaban J connectivity index is 1.93. The SMILES string of the molecule is Fc1ccc(CN2CCC(CBr)CC2)c(F)c1. The van der Waals surface area contributed by atoms with Crippen molar-refractivity contribution in [2.45, 2.75) is 19.4 Å². The lowest BCUT2D eigenvalue weighted by Gasteiger charge is -2.31. The zero-order valence-electron chi connectivity index (χ0n) is 9.63. The monoisotopic (exact) mass is 303 g/mol. The molecule has 1 fully saturated rings. The van der Waals surface area contributed by atoms with Crippen LogP contribution < -0.4 is 0 Å². The molecule has 94 valence electrons. The quantitative estimate of drug-likeness (QED) is 0.772. The van der Waals surface area contributed by atoms with Crippen LogP contribution in [-0.2, 0) is 6.54 Å². The molecule has 0 saturated carbocycles. The van der Waals surface area contributed by atoms with Gasteiger partial charge in [0.25, 0.3) is 0 Å². The van der Waals surface area contributed by atoms with E-state index in [9.17, 15) is 8.78 Å². The molecule has 1 aliphatic rings. The minimum Gasteiger partial charge on any atom is -0.299 e. The summed E-state index contributed by atoms with van der Waals surface area (Å²) in [5.41, 5.74) is 0.587. The molecule has 0 aromatic heterocycles. The number of hydrogen-bond donors (Lipinski definition) is 0. The zero-order chi connectivity index (χ0) is 12.3. The molecule has 1 nitrogen and oxygen atoms in total. The Labute approximate surface area is 109 Å². The largest absolute Gasteiger partial charge is 0.299 e. The fourth-order valence-corrected chi connectivity index (χ4v) is 2.84. The van der Waals surface area contributed by atoms with Crippen molar-refractivity contribution in [1.82, 2.24) is 4.90 Å². The maximum Gasteiger partial charge on any atom is 0.130 e. The number of benzene rings is 1. The van der Waals surface area contributed by atoms with Crippen LogP contribution in [0, 0.1) is 17.6 Å². The number of rotatable bonds is 3. The summed E-state index contributed by atoms with van der Waals surface area (Å²) in [6.45, 7) is 2.57. The Morgan fingerprint density at radius 1 is 1.24 bits per heavy atom. The smallest absolute Gasteiger partial charge is 0.130 e. The van der Waals surface area contributed by atoms with Crippen LogP contribution in [0.3, 0.4) is 0 Å². The molecule has 17 heavy (non-hydrogen) atoms. The molecule has 1 aliphatic heterocycles. The normalized spacial score (nSPS) is 18.5. The van der Waals surface area contributed by atoms with Crippen LogP contribution in [0.25, 0.3) is 0 Å². The predicted octanol–water partition coefficient (Wildman–Crippen LogP) is 3.57. The van der Waals surface area contributed by atoms with E-state index in [0.717, 1.165) is 43.2 Å². The maximum absolute atomic E-state index is 13.5. The van der Waals surface area contributed by atoms with E-state index in [2.05, 4.69) is 20.8 Å². The van der Waals surface area contributed by atoms with E-state index in [4.69, 9.17) is 0 Å². The van der Waals surface area contributed by atoms with E-state index in [1.165, 1.54) is 6.07 Å². The summed E-state index contributed by atoms with van der Waals surface area (Å²) in [6.07, 6.45) is 2.29. The molecule has 0 N–H and O–H groups in total. The average Bonchev–Trinajstić information content (AvgIpc) is 2.34. The fraction of sp³-hybridized carbons (Fsp3) is 0.538. The lowest BCUT2D eigenvalue weighted by molar-refractivity contribution is 0.185. The van der Waals surface area contributed by atoms with Gasteiger partial charge in [-0.15, -0.1) is 0 Å². The van der Waals surface area contributed by atoms with Gasteiger partial charge in [0.1, 0.15) is 11.6 Å². The van der Waals surface area contributed by atoms with Gasteiger partial charge in [0.05, 0.1) is 0 Å². The van der Waals surface area contributed by atoms with Crippen LogP contribution in [0.15, 0.2) is 18.2 Å². The summed E-state index contributed by atoms with van der Waals surface area (Å²) >= 11 is 3.50. The van der Waals surface area contributed by atoms with Gasteiger partial charge in [-0.3, -0.25) is 4.90 Å². The number of halogens is 3. The Bertz CT molecular complexity index is 376. The van der Waals surface area contributed by atoms with Crippen LogP contribution in [0.4, 0.5) is 8.78 Å². The van der Waals surface area contributed by atoms with E-state index in [1.807, 2.05) is 0 Å². The Hall–Kier alpha value is -0.480. The van der Waals surface area contributed by atoms with Crippen molar-refractivity contribution >= 4 is 15.9 Å². The van der Waals surface area contributed by atoms with Gasteiger partial charge < -0.3 is 0 Å². The van der Waals surface area contributed by atoms with Crippen LogP contribution in [0.1, 0.15) is 18.4 Å². The molecule has 0 unspecified atom stereocenters. The van der Waals surface area contributed by atoms with Gasteiger partial charge >= 0.3 is 0 Å². The van der Waals surface area contributed by atoms with Crippen LogP contribution in [0.5, 0.6) is 0 Å². The van der Waals surface area contributed by atoms with Crippen LogP contribution in [0.2, 0.25) is 0 Å². The van der Waals surface area contributed by atoms with E-state index < -0.39 is 11.6 Å². The third-order valence-electron chi connectivity index (χ3n) is 3.33. The standard InChI is InChI=1S/C13H16BrF2N/c14-8-10-3-5-17(6-4-10)9-11-1-2-12(15)7-13(11)16/h1-2,7,10H,3-6,8-9H2. The molecule has 4 heteroatoms. The molecule has 0 aliphatic carbocycles. The number of nitrogens with zero attached hydrogens (tertiary/aromatic N) is 1. The Kier molecular flexibility index (Phi) is 4.51. The van der Waals surface area contributed by atoms with Crippen molar-refractivity contribution in [3.63, 3.8) is 0 Å². The minimum atomic E-state index is -0.510. The highest BCUT2D eigenvalue weighted by Gasteiger charge is 2.19. The highest BCUT2D eigenvalue weighted by molar-refractivity contribution is 9.09. The topological polar surface area (TPSA) is 3.24 Å². The lowest BCUT2D eigenvalue weighted by Crippen LogP contribution is -2.33. The predicted molar refractivity (Wildman–Crippen MR) is 68.2 cm³/mol. The van der Waals surface area contributed by atoms with Gasteiger partial charge in [0, 0.05) is 23.5 Å². The summed E-state index contributed by atoms with van der Waals surface area (Å²) in [4.78, 5) is 2.23. The summed E-state index contributed by atoms with van der Waals surface area (Å²) in [6, 6.07) is 3.82. The summed E-state index contributed by atoms with van der Waals surface area (Å²) in [7, 11) is 0. The third kappa shape index (κ3) is 3.49. The highest BCUT2D eigenvalue weighted by Crippen LogP contribution is 2.21. The molecule has 1 heterocycles. The summed E-state index contributed by atoms with van der Waals surface area (Å²) < 4.78 is 26.2. The first-order valence-corrected chi connectivity index (χ1v) is 7.03. The second-order valence-electron chi connectivity index (χ2n) is 4.61. The Morgan fingerprint density at radius 3 is 2.53 bits per heavy atom. The second-order valence-corrected chi connectivity index (χ2v) is 5.26. The molecule has 2 rings (SSSR count). The molecule has 1 saturated heterocycles. The number of likely N-dealkylation sites (tertiary alicyclic amines) is 1. The van der Waals surface area contributed by atoms with Gasteiger partial charge in [-0.25, -0.2) is 8.78 Å². The van der Waals surface area contributed by atoms with Crippen LogP contribution >= 0.6 is 15.9 Å². The zero-order valence-corrected chi connectivity index (χ0v) is 11.2. The van der Waals surface area contributed by atoms with Gasteiger partial charge in [-0.05, 0) is 37.9 Å². The number of piperidine rings is 1. The molecule has 0 spiro atoms. The molecule has 0 amide bonds. The molecule has 1 aromatic rings. The van der Waals surface area contributed by atoms with E-state index in [0.29, 0.717) is 12.1 Å². The van der Waals surface area contributed by atoms with Crippen molar-refractivity contribution in [3.05, 3.63) is 35.4 Å². The van der Waals surface area contributed by atoms with Gasteiger partial charge in [-0.2, -0.15) is 0 Å². The summed E-state index contributed by atoms with van der Waals surface area (Å²) in [5, 5.41) is 1.05. The van der Waals surface area contributed by atoms with Gasteiger partial charge in [0.15, 0.2) is 0 Å². The average molecular weight is 304 g/mol. The Morgan fingerprint density at radius 2 is 1.94 bits per heavy atom. The van der Waals surface area contributed by atoms with E-state index in [1.54, 1.807) is 6.07 Å². The third-order valence-corrected chi connectivity index (χ3v) is 4.25. The van der Waals surface area contributed by atoms with E-state index in [-0.39, 0.29) is 0 Å². The van der Waals surface area contributed by atoms with Crippen molar-refractivity contribution < 1.29 is 8.78 Å². The highest BCUT2D eigenvalue weighted by atomic mass is 79.9. The van der Waals surface area contributed by atoms with Gasteiger partial charge in [0.2, 0.25) is 0 Å². The van der Waals surface area contributed by atoms with Crippen molar-refractivity contribution in [2.75, 3.05) is 18.4 Å². The first kappa shape index (κ1) is 13.0. The minimum absolute atomic E-state index is 0.437. The summed E-state index contributed by atoms with van der Waals surface area (Å²) in [5.74, 6) is -0.207. The molecule has 1 aromatic carbocycles. The van der Waals surface area contributed by atoms with Crippen molar-refractivity contribution in [1.29, 1.82) is 0 Å². The molecular weight excluding hydrogens is 288 g/mol. The molecule has 0 atom stereocenters.